The van der Waals surface area contributed by atoms with Crippen LogP contribution in [0.1, 0.15) is 69.2 Å². The van der Waals surface area contributed by atoms with Crippen LogP contribution in [-0.2, 0) is 42.1 Å². The van der Waals surface area contributed by atoms with Crippen LogP contribution >= 0.6 is 23.1 Å². The van der Waals surface area contributed by atoms with Gasteiger partial charge in [-0.1, -0.05) is 23.9 Å². The van der Waals surface area contributed by atoms with Gasteiger partial charge in [-0.3, -0.25) is 9.59 Å². The molecule has 1 aromatic carbocycles. The molecular weight excluding hydrogens is 567 g/mol. The highest BCUT2D eigenvalue weighted by Crippen LogP contribution is 2.39. The van der Waals surface area contributed by atoms with E-state index in [0.717, 1.165) is 60.0 Å². The van der Waals surface area contributed by atoms with E-state index in [0.29, 0.717) is 21.5 Å². The van der Waals surface area contributed by atoms with Gasteiger partial charge >= 0.3 is 12.1 Å². The predicted octanol–water partition coefficient (Wildman–Crippen LogP) is 5.00. The van der Waals surface area contributed by atoms with E-state index in [1.54, 1.807) is 25.5 Å². The van der Waals surface area contributed by atoms with E-state index in [4.69, 9.17) is 4.74 Å². The second kappa shape index (κ2) is 12.4. The molecule has 40 heavy (non-hydrogen) atoms. The summed E-state index contributed by atoms with van der Waals surface area (Å²) in [6.07, 6.45) is -1.05. The van der Waals surface area contributed by atoms with Gasteiger partial charge in [-0.2, -0.15) is 13.2 Å². The number of thioether (sulfide) groups is 1. The molecule has 9 nitrogen and oxygen atoms in total. The number of halogens is 3. The van der Waals surface area contributed by atoms with Crippen molar-refractivity contribution in [3.8, 4) is 0 Å². The first kappa shape index (κ1) is 29.6. The van der Waals surface area contributed by atoms with Crippen LogP contribution in [0.4, 0.5) is 18.2 Å². The third-order valence-corrected chi connectivity index (χ3v) is 8.69. The average Bonchev–Trinajstić information content (AvgIpc) is 3.46. The Kier molecular flexibility index (Phi) is 9.19. The Morgan fingerprint density at radius 2 is 1.90 bits per heavy atom. The van der Waals surface area contributed by atoms with Crippen LogP contribution in [0.25, 0.3) is 0 Å². The molecule has 1 atom stereocenters. The van der Waals surface area contributed by atoms with Gasteiger partial charge in [0.05, 0.1) is 35.1 Å². The largest absolute Gasteiger partial charge is 0.462 e. The van der Waals surface area contributed by atoms with Crippen molar-refractivity contribution in [3.63, 3.8) is 0 Å². The van der Waals surface area contributed by atoms with E-state index in [1.807, 2.05) is 0 Å². The molecule has 4 rings (SSSR count). The van der Waals surface area contributed by atoms with E-state index in [2.05, 4.69) is 20.8 Å². The summed E-state index contributed by atoms with van der Waals surface area (Å²) >= 11 is 2.52. The molecule has 2 amide bonds. The number of carbonyl (C=O) groups is 3. The van der Waals surface area contributed by atoms with Crippen LogP contribution < -0.4 is 10.6 Å². The number of fused-ring (bicyclic) bond motifs is 1. The van der Waals surface area contributed by atoms with Gasteiger partial charge in [0, 0.05) is 11.9 Å². The Hall–Kier alpha value is -3.39. The number of alkyl halides is 3. The fourth-order valence-corrected chi connectivity index (χ4v) is 6.40. The van der Waals surface area contributed by atoms with E-state index >= 15 is 0 Å². The van der Waals surface area contributed by atoms with Crippen molar-refractivity contribution in [2.45, 2.75) is 62.7 Å². The van der Waals surface area contributed by atoms with Crippen molar-refractivity contribution in [3.05, 3.63) is 57.2 Å². The molecule has 2 heterocycles. The van der Waals surface area contributed by atoms with E-state index in [9.17, 15) is 27.6 Å². The molecule has 214 valence electrons. The zero-order chi connectivity index (χ0) is 29.0. The van der Waals surface area contributed by atoms with Crippen LogP contribution in [0, 0.1) is 0 Å². The Bertz CT molecular complexity index is 1420. The lowest BCUT2D eigenvalue weighted by Gasteiger charge is -2.14. The minimum absolute atomic E-state index is 0.167. The number of rotatable bonds is 9. The summed E-state index contributed by atoms with van der Waals surface area (Å²) in [5.74, 6) is -1.39. The van der Waals surface area contributed by atoms with Gasteiger partial charge in [0.15, 0.2) is 11.0 Å². The smallest absolute Gasteiger partial charge is 0.417 e. The summed E-state index contributed by atoms with van der Waals surface area (Å²) in [5.41, 5.74) is -0.146. The fourth-order valence-electron chi connectivity index (χ4n) is 4.28. The molecule has 0 radical (unpaired) electrons. The maximum Gasteiger partial charge on any atom is 0.417 e. The topological polar surface area (TPSA) is 115 Å². The molecule has 2 aromatic heterocycles. The number of aryl methyl sites for hydroxylation is 1. The highest BCUT2D eigenvalue weighted by atomic mass is 32.2. The molecule has 3 aromatic rings. The number of esters is 1. The summed E-state index contributed by atoms with van der Waals surface area (Å²) in [5, 5.41) is 13.6. The minimum atomic E-state index is -4.67. The second-order valence-corrected chi connectivity index (χ2v) is 11.5. The molecule has 14 heteroatoms. The molecule has 0 unspecified atom stereocenters. The molecule has 2 N–H and O–H groups in total. The molecule has 0 bridgehead atoms. The number of amides is 2. The van der Waals surface area contributed by atoms with Crippen molar-refractivity contribution in [1.82, 2.24) is 20.1 Å². The molecule has 0 fully saturated rings. The van der Waals surface area contributed by atoms with E-state index in [1.165, 1.54) is 23.5 Å². The van der Waals surface area contributed by atoms with Gasteiger partial charge in [-0.25, -0.2) is 4.79 Å². The van der Waals surface area contributed by atoms with Crippen molar-refractivity contribution >= 4 is 45.9 Å². The van der Waals surface area contributed by atoms with Crippen LogP contribution in [0.15, 0.2) is 29.4 Å². The normalized spacial score (nSPS) is 13.8. The number of aromatic nitrogens is 3. The minimum Gasteiger partial charge on any atom is -0.462 e. The molecule has 1 aliphatic rings. The lowest BCUT2D eigenvalue weighted by atomic mass is 9.95. The Morgan fingerprint density at radius 1 is 1.18 bits per heavy atom. The number of carbonyl (C=O) groups excluding carboxylic acids is 3. The van der Waals surface area contributed by atoms with Gasteiger partial charge in [0.1, 0.15) is 5.00 Å². The van der Waals surface area contributed by atoms with Gasteiger partial charge in [0.25, 0.3) is 5.91 Å². The molecule has 0 aliphatic heterocycles. The number of ether oxygens (including phenoxy) is 1. The van der Waals surface area contributed by atoms with Crippen molar-refractivity contribution in [2.75, 3.05) is 11.9 Å². The number of nitrogens with one attached hydrogen (secondary N) is 2. The van der Waals surface area contributed by atoms with Crippen molar-refractivity contribution in [2.24, 2.45) is 7.05 Å². The maximum atomic E-state index is 13.3. The summed E-state index contributed by atoms with van der Waals surface area (Å²) in [4.78, 5) is 39.3. The average molecular weight is 596 g/mol. The molecule has 0 saturated carbocycles. The molecular formula is C26H28F3N5O4S2. The van der Waals surface area contributed by atoms with Crippen LogP contribution in [0.5, 0.6) is 0 Å². The van der Waals surface area contributed by atoms with Gasteiger partial charge in [-0.05, 0) is 57.2 Å². The quantitative estimate of drug-likeness (QED) is 0.264. The molecule has 0 spiro atoms. The Labute approximate surface area is 236 Å². The van der Waals surface area contributed by atoms with Crippen molar-refractivity contribution in [1.29, 1.82) is 0 Å². The number of nitrogens with zero attached hydrogens (tertiary/aromatic N) is 3. The number of hydrogen-bond donors (Lipinski definition) is 2. The number of anilines is 1. The van der Waals surface area contributed by atoms with Crippen LogP contribution in [-0.4, -0.2) is 44.4 Å². The molecule has 1 aliphatic carbocycles. The number of hydrogen-bond acceptors (Lipinski definition) is 8. The third kappa shape index (κ3) is 6.49. The monoisotopic (exact) mass is 595 g/mol. The van der Waals surface area contributed by atoms with E-state index in [-0.39, 0.29) is 19.1 Å². The summed E-state index contributed by atoms with van der Waals surface area (Å²) in [6, 6.07) is 4.52. The highest BCUT2D eigenvalue weighted by molar-refractivity contribution is 8.00. The maximum absolute atomic E-state index is 13.3. The Morgan fingerprint density at radius 3 is 2.62 bits per heavy atom. The lowest BCUT2D eigenvalue weighted by Crippen LogP contribution is -2.27. The number of thiophene rings is 1. The van der Waals surface area contributed by atoms with Crippen molar-refractivity contribution < 1.29 is 32.3 Å². The number of benzene rings is 1. The van der Waals surface area contributed by atoms with Gasteiger partial charge < -0.3 is 19.9 Å². The van der Waals surface area contributed by atoms with Crippen LogP contribution in [0.3, 0.4) is 0 Å². The third-order valence-electron chi connectivity index (χ3n) is 6.35. The fraction of sp³-hybridized carbons (Fsp3) is 0.423. The first-order chi connectivity index (χ1) is 19.0. The zero-order valence-electron chi connectivity index (χ0n) is 22.1. The second-order valence-electron chi connectivity index (χ2n) is 9.07. The van der Waals surface area contributed by atoms with Crippen LogP contribution in [0.2, 0.25) is 0 Å². The Balaban J connectivity index is 1.41. The summed E-state index contributed by atoms with van der Waals surface area (Å²) in [6.45, 7) is 3.48. The lowest BCUT2D eigenvalue weighted by molar-refractivity contribution is -0.138. The SMILES string of the molecule is CCOC(=O)c1c(NC(=O)[C@H](C)Sc2nnc(CNC(=O)c3ccccc3C(F)(F)F)n2C)sc2c1CCCC2. The molecule has 0 saturated heterocycles. The zero-order valence-corrected chi connectivity index (χ0v) is 23.7. The predicted molar refractivity (Wildman–Crippen MR) is 144 cm³/mol. The summed E-state index contributed by atoms with van der Waals surface area (Å²) < 4.78 is 46.6. The van der Waals surface area contributed by atoms with Gasteiger partial charge in [0.2, 0.25) is 5.91 Å². The first-order valence-corrected chi connectivity index (χ1v) is 14.3. The highest BCUT2D eigenvalue weighted by Gasteiger charge is 2.35. The van der Waals surface area contributed by atoms with E-state index < -0.39 is 34.4 Å². The first-order valence-electron chi connectivity index (χ1n) is 12.6. The summed E-state index contributed by atoms with van der Waals surface area (Å²) in [7, 11) is 1.63. The standard InChI is InChI=1S/C26H28F3N5O4S2/c1-4-38-24(37)20-16-10-6-8-12-18(16)40-23(20)31-21(35)14(2)39-25-33-32-19(34(25)3)13-30-22(36)15-9-5-7-11-17(15)26(27,28)29/h5,7,9,11,14H,4,6,8,10,12-13H2,1-3H3,(H,30,36)(H,31,35)/t14-/m0/s1. The van der Waals surface area contributed by atoms with Gasteiger partial charge in [-0.15, -0.1) is 21.5 Å².